The first-order valence-corrected chi connectivity index (χ1v) is 13.5. The molecular formula is C27H38N8O3. The number of rotatable bonds is 16. The van der Waals surface area contributed by atoms with E-state index in [2.05, 4.69) is 42.7 Å². The summed E-state index contributed by atoms with van der Waals surface area (Å²) in [5, 5.41) is 20.5. The SMILES string of the molecule is CCOCCN(CCCCc1ccc2c(n1)NCCC2)CC[C@H](Nc1cc(-n2cccn2)ncn1)C(=O)O. The highest BCUT2D eigenvalue weighted by Gasteiger charge is 2.20. The van der Waals surface area contributed by atoms with E-state index in [0.29, 0.717) is 37.8 Å². The van der Waals surface area contributed by atoms with Crippen molar-refractivity contribution < 1.29 is 14.6 Å². The summed E-state index contributed by atoms with van der Waals surface area (Å²) in [4.78, 5) is 27.5. The molecule has 38 heavy (non-hydrogen) atoms. The second-order valence-electron chi connectivity index (χ2n) is 9.37. The predicted octanol–water partition coefficient (Wildman–Crippen LogP) is 3.03. The van der Waals surface area contributed by atoms with Crippen LogP contribution in [0.5, 0.6) is 0 Å². The Balaban J connectivity index is 1.28. The van der Waals surface area contributed by atoms with E-state index in [1.54, 1.807) is 29.2 Å². The molecule has 0 aromatic carbocycles. The van der Waals surface area contributed by atoms with E-state index < -0.39 is 12.0 Å². The number of fused-ring (bicyclic) bond motifs is 1. The summed E-state index contributed by atoms with van der Waals surface area (Å²) in [5.41, 5.74) is 2.43. The molecule has 204 valence electrons. The number of carboxylic acids is 1. The molecule has 0 bridgehead atoms. The summed E-state index contributed by atoms with van der Waals surface area (Å²) in [6, 6.07) is 7.06. The van der Waals surface area contributed by atoms with Crippen LogP contribution in [-0.2, 0) is 22.4 Å². The van der Waals surface area contributed by atoms with Gasteiger partial charge < -0.3 is 25.4 Å². The average Bonchev–Trinajstić information content (AvgIpc) is 3.48. The zero-order chi connectivity index (χ0) is 26.6. The lowest BCUT2D eigenvalue weighted by molar-refractivity contribution is -0.138. The normalized spacial score (nSPS) is 13.6. The molecule has 0 radical (unpaired) electrons. The quantitative estimate of drug-likeness (QED) is 0.241. The van der Waals surface area contributed by atoms with Gasteiger partial charge in [-0.2, -0.15) is 5.10 Å². The lowest BCUT2D eigenvalue weighted by Gasteiger charge is -2.24. The molecule has 4 heterocycles. The van der Waals surface area contributed by atoms with Crippen molar-refractivity contribution in [2.75, 3.05) is 50.0 Å². The molecule has 11 heteroatoms. The van der Waals surface area contributed by atoms with Crippen LogP contribution in [0.3, 0.4) is 0 Å². The molecule has 3 aromatic heterocycles. The summed E-state index contributed by atoms with van der Waals surface area (Å²) in [6.07, 6.45) is 10.5. The second-order valence-corrected chi connectivity index (χ2v) is 9.37. The maximum absolute atomic E-state index is 12.0. The highest BCUT2D eigenvalue weighted by molar-refractivity contribution is 5.76. The third-order valence-electron chi connectivity index (χ3n) is 6.61. The number of nitrogens with one attached hydrogen (secondary N) is 2. The zero-order valence-corrected chi connectivity index (χ0v) is 22.1. The van der Waals surface area contributed by atoms with Crippen LogP contribution in [0, 0.1) is 0 Å². The Morgan fingerprint density at radius 1 is 1.26 bits per heavy atom. The van der Waals surface area contributed by atoms with Gasteiger partial charge in [-0.3, -0.25) is 0 Å². The summed E-state index contributed by atoms with van der Waals surface area (Å²) < 4.78 is 7.18. The van der Waals surface area contributed by atoms with Crippen molar-refractivity contribution in [2.24, 2.45) is 0 Å². The van der Waals surface area contributed by atoms with Crippen molar-refractivity contribution in [2.45, 2.75) is 51.5 Å². The smallest absolute Gasteiger partial charge is 0.326 e. The Bertz CT molecular complexity index is 1140. The maximum atomic E-state index is 12.0. The minimum Gasteiger partial charge on any atom is -0.480 e. The number of aromatic nitrogens is 5. The summed E-state index contributed by atoms with van der Waals surface area (Å²) in [5.74, 6) is 1.14. The molecule has 0 fully saturated rings. The molecule has 3 N–H and O–H groups in total. The van der Waals surface area contributed by atoms with E-state index in [4.69, 9.17) is 9.72 Å². The van der Waals surface area contributed by atoms with E-state index in [1.807, 2.05) is 6.92 Å². The summed E-state index contributed by atoms with van der Waals surface area (Å²) >= 11 is 0. The largest absolute Gasteiger partial charge is 0.480 e. The molecule has 0 saturated heterocycles. The van der Waals surface area contributed by atoms with E-state index >= 15 is 0 Å². The van der Waals surface area contributed by atoms with Crippen molar-refractivity contribution in [3.8, 4) is 5.82 Å². The lowest BCUT2D eigenvalue weighted by atomic mass is 10.1. The number of nitrogens with zero attached hydrogens (tertiary/aromatic N) is 6. The van der Waals surface area contributed by atoms with Crippen LogP contribution in [0.4, 0.5) is 11.6 Å². The van der Waals surface area contributed by atoms with Crippen LogP contribution in [0.2, 0.25) is 0 Å². The minimum absolute atomic E-state index is 0.431. The Labute approximate surface area is 223 Å². The number of ether oxygens (including phenoxy) is 1. The molecule has 3 aromatic rings. The third-order valence-corrected chi connectivity index (χ3v) is 6.61. The summed E-state index contributed by atoms with van der Waals surface area (Å²) in [6.45, 7) is 6.53. The van der Waals surface area contributed by atoms with Crippen LogP contribution in [-0.4, -0.2) is 86.1 Å². The van der Waals surface area contributed by atoms with Crippen molar-refractivity contribution in [1.29, 1.82) is 0 Å². The van der Waals surface area contributed by atoms with Gasteiger partial charge in [0.15, 0.2) is 5.82 Å². The van der Waals surface area contributed by atoms with Crippen LogP contribution < -0.4 is 10.6 Å². The molecule has 0 unspecified atom stereocenters. The van der Waals surface area contributed by atoms with E-state index in [0.717, 1.165) is 63.3 Å². The fourth-order valence-electron chi connectivity index (χ4n) is 4.53. The van der Waals surface area contributed by atoms with Gasteiger partial charge in [0.25, 0.3) is 0 Å². The molecular weight excluding hydrogens is 484 g/mol. The van der Waals surface area contributed by atoms with Crippen molar-refractivity contribution in [3.63, 3.8) is 0 Å². The van der Waals surface area contributed by atoms with Gasteiger partial charge in [-0.1, -0.05) is 6.07 Å². The minimum atomic E-state index is -0.916. The van der Waals surface area contributed by atoms with Gasteiger partial charge in [0.05, 0.1) is 6.61 Å². The number of carboxylic acid groups (broad SMARTS) is 1. The Kier molecular flexibility index (Phi) is 10.4. The standard InChI is InChI=1S/C27H38N8O3/c1-2-38-18-17-34(14-4-3-8-22-10-9-21-7-5-12-28-26(21)32-22)16-11-23(27(36)37)33-24-19-25(30-20-29-24)35-15-6-13-31-35/h6,9-10,13,15,19-20,23H,2-5,7-8,11-12,14,16-18H2,1H3,(H,28,32)(H,36,37)(H,29,30,33)/t23-/m0/s1. The van der Waals surface area contributed by atoms with Gasteiger partial charge in [-0.25, -0.2) is 24.4 Å². The van der Waals surface area contributed by atoms with Gasteiger partial charge in [0.1, 0.15) is 24.0 Å². The number of aryl methyl sites for hydroxylation is 2. The number of hydrogen-bond acceptors (Lipinski definition) is 9. The van der Waals surface area contributed by atoms with Gasteiger partial charge in [-0.15, -0.1) is 0 Å². The monoisotopic (exact) mass is 522 g/mol. The number of aliphatic carboxylic acids is 1. The Morgan fingerprint density at radius 3 is 3.00 bits per heavy atom. The highest BCUT2D eigenvalue weighted by Crippen LogP contribution is 2.20. The fourth-order valence-corrected chi connectivity index (χ4v) is 4.53. The van der Waals surface area contributed by atoms with Crippen LogP contribution in [0.25, 0.3) is 5.82 Å². The van der Waals surface area contributed by atoms with Crippen LogP contribution >= 0.6 is 0 Å². The first-order chi connectivity index (χ1) is 18.6. The van der Waals surface area contributed by atoms with Gasteiger partial charge >= 0.3 is 5.97 Å². The van der Waals surface area contributed by atoms with Gasteiger partial charge in [0.2, 0.25) is 0 Å². The maximum Gasteiger partial charge on any atom is 0.326 e. The van der Waals surface area contributed by atoms with Crippen molar-refractivity contribution in [3.05, 3.63) is 54.2 Å². The molecule has 1 atom stereocenters. The molecule has 11 nitrogen and oxygen atoms in total. The number of hydrogen-bond donors (Lipinski definition) is 3. The number of pyridine rings is 1. The lowest BCUT2D eigenvalue weighted by Crippen LogP contribution is -2.37. The molecule has 4 rings (SSSR count). The number of anilines is 2. The molecule has 1 aliphatic rings. The van der Waals surface area contributed by atoms with Crippen LogP contribution in [0.1, 0.15) is 43.9 Å². The van der Waals surface area contributed by atoms with Gasteiger partial charge in [0, 0.05) is 50.4 Å². The molecule has 0 saturated carbocycles. The zero-order valence-electron chi connectivity index (χ0n) is 22.1. The molecule has 1 aliphatic heterocycles. The van der Waals surface area contributed by atoms with E-state index in [1.165, 1.54) is 11.9 Å². The van der Waals surface area contributed by atoms with E-state index in [9.17, 15) is 9.90 Å². The van der Waals surface area contributed by atoms with Gasteiger partial charge in [-0.05, 0) is 69.7 Å². The number of carbonyl (C=O) groups is 1. The van der Waals surface area contributed by atoms with E-state index in [-0.39, 0.29) is 0 Å². The molecule has 0 amide bonds. The highest BCUT2D eigenvalue weighted by atomic mass is 16.5. The van der Waals surface area contributed by atoms with Crippen LogP contribution in [0.15, 0.2) is 43.0 Å². The topological polar surface area (TPSA) is 130 Å². The second kappa shape index (κ2) is 14.4. The third kappa shape index (κ3) is 8.22. The first-order valence-electron chi connectivity index (χ1n) is 13.5. The Hall–Kier alpha value is -3.57. The van der Waals surface area contributed by atoms with Crippen molar-refractivity contribution in [1.82, 2.24) is 29.6 Å². The fraction of sp³-hybridized carbons (Fsp3) is 0.519. The summed E-state index contributed by atoms with van der Waals surface area (Å²) in [7, 11) is 0. The average molecular weight is 523 g/mol. The predicted molar refractivity (Wildman–Crippen MR) is 146 cm³/mol. The Morgan fingerprint density at radius 2 is 2.18 bits per heavy atom. The molecule has 0 aliphatic carbocycles. The first kappa shape index (κ1) is 27.5. The molecule has 0 spiro atoms. The van der Waals surface area contributed by atoms with Crippen molar-refractivity contribution >= 4 is 17.6 Å². The number of unbranched alkanes of at least 4 members (excludes halogenated alkanes) is 1.